The summed E-state index contributed by atoms with van der Waals surface area (Å²) in [5, 5.41) is 10.2. The Bertz CT molecular complexity index is 870. The summed E-state index contributed by atoms with van der Waals surface area (Å²) in [5.74, 6) is 0.654. The minimum Gasteiger partial charge on any atom is -0.344 e. The highest BCUT2D eigenvalue weighted by Crippen LogP contribution is 2.20. The van der Waals surface area contributed by atoms with E-state index in [1.165, 1.54) is 0 Å². The molecule has 25 heavy (non-hydrogen) atoms. The van der Waals surface area contributed by atoms with Crippen LogP contribution in [0.15, 0.2) is 36.0 Å². The molecule has 1 atom stereocenters. The molecule has 0 aliphatic rings. The zero-order chi connectivity index (χ0) is 17.8. The minimum absolute atomic E-state index is 0.124. The van der Waals surface area contributed by atoms with Crippen LogP contribution in [0.2, 0.25) is 0 Å². The molecule has 0 saturated heterocycles. The van der Waals surface area contributed by atoms with Crippen molar-refractivity contribution in [2.24, 2.45) is 0 Å². The third-order valence-electron chi connectivity index (χ3n) is 3.86. The molecule has 0 bridgehead atoms. The highest BCUT2D eigenvalue weighted by atomic mass is 32.1. The average Bonchev–Trinajstić information content (AvgIpc) is 3.24. The van der Waals surface area contributed by atoms with Gasteiger partial charge in [0.25, 0.3) is 5.91 Å². The lowest BCUT2D eigenvalue weighted by atomic mass is 10.1. The van der Waals surface area contributed by atoms with Gasteiger partial charge in [0.1, 0.15) is 6.33 Å². The fraction of sp³-hybridized carbons (Fsp3) is 0.333. The number of nitrogens with zero attached hydrogens (tertiary/aromatic N) is 4. The zero-order valence-corrected chi connectivity index (χ0v) is 15.4. The van der Waals surface area contributed by atoms with Crippen LogP contribution in [-0.2, 0) is 6.54 Å². The predicted octanol–water partition coefficient (Wildman–Crippen LogP) is 3.61. The van der Waals surface area contributed by atoms with Crippen molar-refractivity contribution in [3.63, 3.8) is 0 Å². The first kappa shape index (κ1) is 17.3. The van der Waals surface area contributed by atoms with E-state index in [-0.39, 0.29) is 11.9 Å². The van der Waals surface area contributed by atoms with E-state index in [2.05, 4.69) is 27.3 Å². The topological polar surface area (TPSA) is 72.7 Å². The summed E-state index contributed by atoms with van der Waals surface area (Å²) in [6.45, 7) is 6.79. The zero-order valence-electron chi connectivity index (χ0n) is 14.6. The van der Waals surface area contributed by atoms with Gasteiger partial charge < -0.3 is 5.32 Å². The molecule has 7 heteroatoms. The number of aryl methyl sites for hydroxylation is 2. The SMILES string of the molecule is CCCn1ncnc1-c1cccc(C(=O)N[C@H](C)c2csc(C)n2)c1. The molecule has 0 aliphatic carbocycles. The van der Waals surface area contributed by atoms with Crippen molar-refractivity contribution in [3.05, 3.63) is 52.2 Å². The van der Waals surface area contributed by atoms with Crippen LogP contribution >= 0.6 is 11.3 Å². The maximum atomic E-state index is 12.6. The Balaban J connectivity index is 1.78. The molecule has 2 aromatic heterocycles. The molecule has 1 amide bonds. The Morgan fingerprint density at radius 3 is 2.96 bits per heavy atom. The molecule has 2 heterocycles. The van der Waals surface area contributed by atoms with E-state index in [1.54, 1.807) is 23.7 Å². The van der Waals surface area contributed by atoms with Crippen LogP contribution < -0.4 is 5.32 Å². The third-order valence-corrected chi connectivity index (χ3v) is 4.65. The van der Waals surface area contributed by atoms with E-state index in [0.717, 1.165) is 35.1 Å². The number of rotatable bonds is 6. The highest BCUT2D eigenvalue weighted by molar-refractivity contribution is 7.09. The number of thiazole rings is 1. The molecular weight excluding hydrogens is 334 g/mol. The van der Waals surface area contributed by atoms with Crippen LogP contribution in [0.4, 0.5) is 0 Å². The molecule has 0 unspecified atom stereocenters. The first-order valence-corrected chi connectivity index (χ1v) is 9.17. The first-order chi connectivity index (χ1) is 12.1. The number of nitrogens with one attached hydrogen (secondary N) is 1. The fourth-order valence-corrected chi connectivity index (χ4v) is 3.30. The van der Waals surface area contributed by atoms with Crippen molar-refractivity contribution >= 4 is 17.2 Å². The average molecular weight is 355 g/mol. The van der Waals surface area contributed by atoms with Gasteiger partial charge in [0, 0.05) is 23.1 Å². The third kappa shape index (κ3) is 3.93. The Hall–Kier alpha value is -2.54. The van der Waals surface area contributed by atoms with Gasteiger partial charge in [-0.05, 0) is 32.4 Å². The molecule has 1 N–H and O–H groups in total. The van der Waals surface area contributed by atoms with Crippen LogP contribution in [0, 0.1) is 6.92 Å². The molecule has 130 valence electrons. The number of hydrogen-bond donors (Lipinski definition) is 1. The van der Waals surface area contributed by atoms with Crippen molar-refractivity contribution in [1.82, 2.24) is 25.1 Å². The van der Waals surface area contributed by atoms with Crippen LogP contribution in [-0.4, -0.2) is 25.7 Å². The molecule has 3 aromatic rings. The Kier molecular flexibility index (Phi) is 5.23. The summed E-state index contributed by atoms with van der Waals surface area (Å²) in [4.78, 5) is 21.3. The largest absolute Gasteiger partial charge is 0.344 e. The standard InChI is InChI=1S/C18H21N5OS/c1-4-8-23-17(19-11-20-23)14-6-5-7-15(9-14)18(24)21-12(2)16-10-25-13(3)22-16/h5-7,9-12H,4,8H2,1-3H3,(H,21,24)/t12-/m1/s1. The first-order valence-electron chi connectivity index (χ1n) is 8.29. The van der Waals surface area contributed by atoms with Crippen LogP contribution in [0.5, 0.6) is 0 Å². The second-order valence-electron chi connectivity index (χ2n) is 5.87. The van der Waals surface area contributed by atoms with Gasteiger partial charge in [-0.3, -0.25) is 4.79 Å². The number of aromatic nitrogens is 4. The number of carbonyl (C=O) groups excluding carboxylic acids is 1. The lowest BCUT2D eigenvalue weighted by molar-refractivity contribution is 0.0939. The number of benzene rings is 1. The Morgan fingerprint density at radius 1 is 1.40 bits per heavy atom. The Morgan fingerprint density at radius 2 is 2.24 bits per heavy atom. The summed E-state index contributed by atoms with van der Waals surface area (Å²) in [6, 6.07) is 7.33. The summed E-state index contributed by atoms with van der Waals surface area (Å²) in [6.07, 6.45) is 2.52. The van der Waals surface area contributed by atoms with Crippen LogP contribution in [0.25, 0.3) is 11.4 Å². The quantitative estimate of drug-likeness (QED) is 0.733. The van der Waals surface area contributed by atoms with E-state index in [0.29, 0.717) is 5.56 Å². The summed E-state index contributed by atoms with van der Waals surface area (Å²) in [7, 11) is 0. The molecule has 0 aliphatic heterocycles. The molecule has 0 spiro atoms. The minimum atomic E-state index is -0.134. The van der Waals surface area contributed by atoms with E-state index in [9.17, 15) is 4.79 Å². The molecule has 3 rings (SSSR count). The summed E-state index contributed by atoms with van der Waals surface area (Å²) >= 11 is 1.58. The van der Waals surface area contributed by atoms with E-state index in [4.69, 9.17) is 0 Å². The molecule has 0 fully saturated rings. The van der Waals surface area contributed by atoms with Crippen molar-refractivity contribution in [2.45, 2.75) is 39.8 Å². The van der Waals surface area contributed by atoms with Crippen molar-refractivity contribution in [3.8, 4) is 11.4 Å². The smallest absolute Gasteiger partial charge is 0.251 e. The Labute approximate surface area is 150 Å². The van der Waals surface area contributed by atoms with Crippen molar-refractivity contribution in [2.75, 3.05) is 0 Å². The normalized spacial score (nSPS) is 12.1. The lowest BCUT2D eigenvalue weighted by Crippen LogP contribution is -2.26. The number of carbonyl (C=O) groups is 1. The lowest BCUT2D eigenvalue weighted by Gasteiger charge is -2.12. The van der Waals surface area contributed by atoms with Gasteiger partial charge in [0.15, 0.2) is 5.82 Å². The van der Waals surface area contributed by atoms with Gasteiger partial charge in [-0.1, -0.05) is 19.1 Å². The fourth-order valence-electron chi connectivity index (χ4n) is 2.60. The van der Waals surface area contributed by atoms with Gasteiger partial charge in [0.05, 0.1) is 16.7 Å². The van der Waals surface area contributed by atoms with Gasteiger partial charge in [0.2, 0.25) is 0 Å². The summed E-state index contributed by atoms with van der Waals surface area (Å²) < 4.78 is 1.86. The predicted molar refractivity (Wildman–Crippen MR) is 98.5 cm³/mol. The van der Waals surface area contributed by atoms with E-state index in [1.807, 2.05) is 42.1 Å². The van der Waals surface area contributed by atoms with E-state index < -0.39 is 0 Å². The molecular formula is C18H21N5OS. The van der Waals surface area contributed by atoms with Crippen molar-refractivity contribution < 1.29 is 4.79 Å². The van der Waals surface area contributed by atoms with Gasteiger partial charge in [-0.2, -0.15) is 5.10 Å². The van der Waals surface area contributed by atoms with Crippen LogP contribution in [0.1, 0.15) is 47.4 Å². The van der Waals surface area contributed by atoms with Gasteiger partial charge >= 0.3 is 0 Å². The maximum absolute atomic E-state index is 12.6. The van der Waals surface area contributed by atoms with Gasteiger partial charge in [-0.15, -0.1) is 11.3 Å². The molecule has 6 nitrogen and oxygen atoms in total. The van der Waals surface area contributed by atoms with Gasteiger partial charge in [-0.25, -0.2) is 14.6 Å². The highest BCUT2D eigenvalue weighted by Gasteiger charge is 2.15. The second kappa shape index (κ2) is 7.57. The van der Waals surface area contributed by atoms with E-state index >= 15 is 0 Å². The van der Waals surface area contributed by atoms with Crippen molar-refractivity contribution in [1.29, 1.82) is 0 Å². The number of hydrogen-bond acceptors (Lipinski definition) is 5. The summed E-state index contributed by atoms with van der Waals surface area (Å²) in [5.41, 5.74) is 2.37. The van der Waals surface area contributed by atoms with Crippen LogP contribution in [0.3, 0.4) is 0 Å². The molecule has 1 aromatic carbocycles. The number of amides is 1. The second-order valence-corrected chi connectivity index (χ2v) is 6.94. The molecule has 0 radical (unpaired) electrons. The monoisotopic (exact) mass is 355 g/mol. The molecule has 0 saturated carbocycles. The maximum Gasteiger partial charge on any atom is 0.251 e.